The third-order valence-corrected chi connectivity index (χ3v) is 3.02. The van der Waals surface area contributed by atoms with Crippen LogP contribution in [0.3, 0.4) is 0 Å². The van der Waals surface area contributed by atoms with Gasteiger partial charge < -0.3 is 4.74 Å². The lowest BCUT2D eigenvalue weighted by Gasteiger charge is -2.05. The highest BCUT2D eigenvalue weighted by molar-refractivity contribution is 7.12. The van der Waals surface area contributed by atoms with Gasteiger partial charge in [-0.25, -0.2) is 0 Å². The van der Waals surface area contributed by atoms with Crippen LogP contribution in [-0.4, -0.2) is 19.0 Å². The van der Waals surface area contributed by atoms with E-state index in [4.69, 9.17) is 4.74 Å². The van der Waals surface area contributed by atoms with Gasteiger partial charge in [-0.1, -0.05) is 19.9 Å². The molecule has 0 aliphatic rings. The zero-order valence-electron chi connectivity index (χ0n) is 9.36. The molecule has 0 radical (unpaired) electrons. The highest BCUT2D eigenvalue weighted by atomic mass is 32.1. The van der Waals surface area contributed by atoms with Crippen LogP contribution < -0.4 is 0 Å². The Labute approximate surface area is 95.3 Å². The minimum atomic E-state index is 0.189. The zero-order valence-corrected chi connectivity index (χ0v) is 10.2. The molecular formula is C12H18O2S. The molecule has 0 unspecified atom stereocenters. The third kappa shape index (κ3) is 5.09. The van der Waals surface area contributed by atoms with Gasteiger partial charge in [-0.3, -0.25) is 4.79 Å². The fraction of sp³-hybridized carbons (Fsp3) is 0.583. The molecule has 2 nitrogen and oxygen atoms in total. The van der Waals surface area contributed by atoms with Crippen molar-refractivity contribution in [3.63, 3.8) is 0 Å². The van der Waals surface area contributed by atoms with Gasteiger partial charge in [0.2, 0.25) is 0 Å². The first kappa shape index (κ1) is 12.4. The van der Waals surface area contributed by atoms with E-state index in [0.29, 0.717) is 18.9 Å². The predicted octanol–water partition coefficient (Wildman–Crippen LogP) is 3.38. The van der Waals surface area contributed by atoms with Gasteiger partial charge in [0.25, 0.3) is 0 Å². The predicted molar refractivity (Wildman–Crippen MR) is 63.5 cm³/mol. The second-order valence-electron chi connectivity index (χ2n) is 3.95. The van der Waals surface area contributed by atoms with E-state index in [0.717, 1.165) is 17.9 Å². The number of Topliss-reactive ketones (excluding diaryl/α,β-unsaturated/α-hetero) is 1. The summed E-state index contributed by atoms with van der Waals surface area (Å²) < 4.78 is 5.40. The van der Waals surface area contributed by atoms with Crippen molar-refractivity contribution in [2.45, 2.75) is 26.7 Å². The maximum atomic E-state index is 11.5. The Kier molecular flexibility index (Phi) is 5.58. The van der Waals surface area contributed by atoms with Crippen molar-refractivity contribution >= 4 is 17.1 Å². The van der Waals surface area contributed by atoms with Crippen molar-refractivity contribution in [2.75, 3.05) is 13.2 Å². The summed E-state index contributed by atoms with van der Waals surface area (Å²) in [4.78, 5) is 12.4. The highest BCUT2D eigenvalue weighted by Gasteiger charge is 2.05. The lowest BCUT2D eigenvalue weighted by atomic mass is 10.1. The Morgan fingerprint density at radius 2 is 2.27 bits per heavy atom. The molecule has 0 aliphatic carbocycles. The van der Waals surface area contributed by atoms with Gasteiger partial charge in [-0.15, -0.1) is 11.3 Å². The van der Waals surface area contributed by atoms with Crippen LogP contribution in [0.25, 0.3) is 0 Å². The van der Waals surface area contributed by atoms with Crippen molar-refractivity contribution in [3.8, 4) is 0 Å². The normalized spacial score (nSPS) is 10.9. The molecule has 0 aromatic carbocycles. The van der Waals surface area contributed by atoms with Crippen LogP contribution in [0.15, 0.2) is 17.5 Å². The standard InChI is InChI=1S/C12H18O2S/c1-10(2)5-7-14-8-6-11(13)12-4-3-9-15-12/h3-4,9-10H,5-8H2,1-2H3. The minimum absolute atomic E-state index is 0.189. The van der Waals surface area contributed by atoms with Gasteiger partial charge in [-0.2, -0.15) is 0 Å². The fourth-order valence-corrected chi connectivity index (χ4v) is 1.84. The Balaban J connectivity index is 2.08. The monoisotopic (exact) mass is 226 g/mol. The van der Waals surface area contributed by atoms with E-state index in [9.17, 15) is 4.79 Å². The molecule has 0 aliphatic heterocycles. The number of carbonyl (C=O) groups excluding carboxylic acids is 1. The molecule has 84 valence electrons. The molecule has 1 rings (SSSR count). The largest absolute Gasteiger partial charge is 0.381 e. The highest BCUT2D eigenvalue weighted by Crippen LogP contribution is 2.11. The summed E-state index contributed by atoms with van der Waals surface area (Å²) in [6.07, 6.45) is 1.56. The van der Waals surface area contributed by atoms with E-state index < -0.39 is 0 Å². The Bertz CT molecular complexity index is 278. The molecule has 1 aromatic rings. The van der Waals surface area contributed by atoms with Crippen molar-refractivity contribution in [2.24, 2.45) is 5.92 Å². The van der Waals surface area contributed by atoms with Crippen LogP contribution in [0, 0.1) is 5.92 Å². The Morgan fingerprint density at radius 3 is 2.87 bits per heavy atom. The lowest BCUT2D eigenvalue weighted by molar-refractivity contribution is 0.0864. The molecule has 0 spiro atoms. The van der Waals surface area contributed by atoms with E-state index >= 15 is 0 Å². The van der Waals surface area contributed by atoms with E-state index in [1.54, 1.807) is 0 Å². The molecule has 0 N–H and O–H groups in total. The van der Waals surface area contributed by atoms with E-state index in [2.05, 4.69) is 13.8 Å². The molecule has 0 amide bonds. The first-order chi connectivity index (χ1) is 7.20. The minimum Gasteiger partial charge on any atom is -0.381 e. The van der Waals surface area contributed by atoms with Crippen LogP contribution in [0.5, 0.6) is 0 Å². The SMILES string of the molecule is CC(C)CCOCCC(=O)c1cccs1. The first-order valence-electron chi connectivity index (χ1n) is 5.34. The van der Waals surface area contributed by atoms with Gasteiger partial charge in [0, 0.05) is 13.0 Å². The molecule has 1 aromatic heterocycles. The maximum absolute atomic E-state index is 11.5. The van der Waals surface area contributed by atoms with Gasteiger partial charge in [0.05, 0.1) is 11.5 Å². The average molecular weight is 226 g/mol. The molecular weight excluding hydrogens is 208 g/mol. The van der Waals surface area contributed by atoms with Gasteiger partial charge in [0.15, 0.2) is 5.78 Å². The second kappa shape index (κ2) is 6.75. The summed E-state index contributed by atoms with van der Waals surface area (Å²) >= 11 is 1.49. The number of ketones is 1. The van der Waals surface area contributed by atoms with Gasteiger partial charge in [-0.05, 0) is 23.8 Å². The fourth-order valence-electron chi connectivity index (χ4n) is 1.15. The summed E-state index contributed by atoms with van der Waals surface area (Å²) in [6.45, 7) is 5.64. The summed E-state index contributed by atoms with van der Waals surface area (Å²) in [5.41, 5.74) is 0. The molecule has 0 bridgehead atoms. The van der Waals surface area contributed by atoms with Crippen LogP contribution in [-0.2, 0) is 4.74 Å². The molecule has 0 saturated heterocycles. The van der Waals surface area contributed by atoms with Crippen LogP contribution >= 0.6 is 11.3 Å². The summed E-state index contributed by atoms with van der Waals surface area (Å²) in [5.74, 6) is 0.854. The zero-order chi connectivity index (χ0) is 11.1. The number of thiophene rings is 1. The number of rotatable bonds is 7. The molecule has 0 saturated carbocycles. The van der Waals surface area contributed by atoms with Gasteiger partial charge in [0.1, 0.15) is 0 Å². The van der Waals surface area contributed by atoms with Crippen molar-refractivity contribution in [1.29, 1.82) is 0 Å². The molecule has 0 atom stereocenters. The van der Waals surface area contributed by atoms with Crippen molar-refractivity contribution in [3.05, 3.63) is 22.4 Å². The molecule has 0 fully saturated rings. The molecule has 15 heavy (non-hydrogen) atoms. The van der Waals surface area contributed by atoms with Crippen molar-refractivity contribution in [1.82, 2.24) is 0 Å². The maximum Gasteiger partial charge on any atom is 0.175 e. The molecule has 1 heterocycles. The average Bonchev–Trinajstić information content (AvgIpc) is 2.69. The third-order valence-electron chi connectivity index (χ3n) is 2.11. The van der Waals surface area contributed by atoms with E-state index in [1.807, 2.05) is 17.5 Å². The van der Waals surface area contributed by atoms with Crippen LogP contribution in [0.1, 0.15) is 36.4 Å². The lowest BCUT2D eigenvalue weighted by Crippen LogP contribution is -2.05. The summed E-state index contributed by atoms with van der Waals surface area (Å²) in [6, 6.07) is 3.76. The van der Waals surface area contributed by atoms with E-state index in [-0.39, 0.29) is 5.78 Å². The molecule has 3 heteroatoms. The topological polar surface area (TPSA) is 26.3 Å². The van der Waals surface area contributed by atoms with Crippen molar-refractivity contribution < 1.29 is 9.53 Å². The summed E-state index contributed by atoms with van der Waals surface area (Å²) in [5, 5.41) is 1.92. The number of carbonyl (C=O) groups is 1. The number of hydrogen-bond donors (Lipinski definition) is 0. The summed E-state index contributed by atoms with van der Waals surface area (Å²) in [7, 11) is 0. The van der Waals surface area contributed by atoms with Gasteiger partial charge >= 0.3 is 0 Å². The Hall–Kier alpha value is -0.670. The quantitative estimate of drug-likeness (QED) is 0.526. The smallest absolute Gasteiger partial charge is 0.175 e. The number of hydrogen-bond acceptors (Lipinski definition) is 3. The first-order valence-corrected chi connectivity index (χ1v) is 6.22. The van der Waals surface area contributed by atoms with Crippen LogP contribution in [0.4, 0.5) is 0 Å². The van der Waals surface area contributed by atoms with E-state index in [1.165, 1.54) is 11.3 Å². The Morgan fingerprint density at radius 1 is 1.47 bits per heavy atom. The van der Waals surface area contributed by atoms with Crippen LogP contribution in [0.2, 0.25) is 0 Å². The second-order valence-corrected chi connectivity index (χ2v) is 4.89. The number of ether oxygens (including phenoxy) is 1.